The molecule has 0 radical (unpaired) electrons. The lowest BCUT2D eigenvalue weighted by Crippen LogP contribution is -2.39. The number of benzene rings is 5. The molecule has 20 heteroatoms. The van der Waals surface area contributed by atoms with Crippen molar-refractivity contribution in [1.82, 2.24) is 29.5 Å². The largest absolute Gasteiger partial charge is 0.497 e. The van der Waals surface area contributed by atoms with Crippen molar-refractivity contribution in [3.63, 3.8) is 0 Å². The first-order chi connectivity index (χ1) is 39.8. The minimum absolute atomic E-state index is 0.00596. The van der Waals surface area contributed by atoms with Crippen molar-refractivity contribution in [3.8, 4) is 22.6 Å². The fourth-order valence-electron chi connectivity index (χ4n) is 10.5. The van der Waals surface area contributed by atoms with Crippen LogP contribution in [0.25, 0.3) is 22.3 Å². The number of nitrogens with one attached hydrogen (secondary N) is 3. The van der Waals surface area contributed by atoms with Crippen molar-refractivity contribution in [2.24, 2.45) is 5.92 Å². The molecule has 4 atom stereocenters. The molecule has 2 aliphatic rings. The van der Waals surface area contributed by atoms with Gasteiger partial charge in [-0.05, 0) is 90.9 Å². The zero-order valence-corrected chi connectivity index (χ0v) is 48.6. The molecule has 1 aliphatic heterocycles. The number of fused-ring (bicyclic) bond motifs is 4. The number of aromatic amines is 1. The van der Waals surface area contributed by atoms with E-state index in [1.54, 1.807) is 32.6 Å². The SMILES string of the molecule is COc1ccc(C(OCC2OC(n3cnc4c(=O)[nH]c(NC(=O)C(C)C)nc43)CC2OP(OCCOCCOCCNC(=O)OCC2c3ccccc3-c3ccccc32)N(C(C)C)C(C)C)(c2ccccc2)c2ccc(OC)cc2)cc1. The van der Waals surface area contributed by atoms with E-state index in [1.807, 2.05) is 103 Å². The number of hydrogen-bond donors (Lipinski definition) is 3. The van der Waals surface area contributed by atoms with Gasteiger partial charge in [-0.1, -0.05) is 117 Å². The summed E-state index contributed by atoms with van der Waals surface area (Å²) < 4.78 is 60.9. The molecule has 1 aliphatic carbocycles. The Morgan fingerprint density at radius 1 is 0.744 bits per heavy atom. The quantitative estimate of drug-likeness (QED) is 0.0237. The second-order valence-electron chi connectivity index (χ2n) is 20.8. The van der Waals surface area contributed by atoms with Crippen molar-refractivity contribution in [2.45, 2.75) is 90.0 Å². The highest BCUT2D eigenvalue weighted by molar-refractivity contribution is 7.44. The zero-order valence-electron chi connectivity index (χ0n) is 47.7. The number of alkyl carbamates (subject to hydrolysis) is 1. The Morgan fingerprint density at radius 2 is 1.32 bits per heavy atom. The molecule has 82 heavy (non-hydrogen) atoms. The molecule has 0 bridgehead atoms. The Hall–Kier alpha value is -7.06. The van der Waals surface area contributed by atoms with Gasteiger partial charge in [-0.25, -0.2) is 14.4 Å². The summed E-state index contributed by atoms with van der Waals surface area (Å²) in [7, 11) is 1.50. The number of ether oxygens (including phenoxy) is 7. The Balaban J connectivity index is 0.890. The van der Waals surface area contributed by atoms with Gasteiger partial charge in [0.05, 0.1) is 66.3 Å². The van der Waals surface area contributed by atoms with Crippen LogP contribution in [0.5, 0.6) is 11.5 Å². The molecule has 7 aromatic rings. The minimum atomic E-state index is -1.77. The highest BCUT2D eigenvalue weighted by Crippen LogP contribution is 2.51. The summed E-state index contributed by atoms with van der Waals surface area (Å²) >= 11 is 0. The highest BCUT2D eigenvalue weighted by atomic mass is 31.2. The van der Waals surface area contributed by atoms with Crippen LogP contribution in [0, 0.1) is 5.92 Å². The van der Waals surface area contributed by atoms with Crippen LogP contribution in [-0.2, 0) is 43.1 Å². The van der Waals surface area contributed by atoms with Crippen LogP contribution < -0.4 is 25.7 Å². The van der Waals surface area contributed by atoms with Crippen molar-refractivity contribution in [2.75, 3.05) is 72.3 Å². The van der Waals surface area contributed by atoms with Crippen LogP contribution in [0.15, 0.2) is 139 Å². The number of carbonyl (C=O) groups is 2. The van der Waals surface area contributed by atoms with Gasteiger partial charge >= 0.3 is 6.09 Å². The number of hydrogen-bond acceptors (Lipinski definition) is 15. The predicted molar refractivity (Wildman–Crippen MR) is 313 cm³/mol. The van der Waals surface area contributed by atoms with Crippen molar-refractivity contribution < 1.29 is 51.8 Å². The van der Waals surface area contributed by atoms with Crippen LogP contribution in [0.2, 0.25) is 0 Å². The van der Waals surface area contributed by atoms with Crippen molar-refractivity contribution in [3.05, 3.63) is 172 Å². The molecular formula is C62H74N7O12P. The summed E-state index contributed by atoms with van der Waals surface area (Å²) in [6.07, 6.45) is -0.827. The molecule has 4 unspecified atom stereocenters. The van der Waals surface area contributed by atoms with E-state index in [0.29, 0.717) is 24.7 Å². The highest BCUT2D eigenvalue weighted by Gasteiger charge is 2.45. The lowest BCUT2D eigenvalue weighted by Gasteiger charge is -2.39. The third-order valence-corrected chi connectivity index (χ3v) is 16.6. The van der Waals surface area contributed by atoms with Gasteiger partial charge in [0.1, 0.15) is 36.0 Å². The van der Waals surface area contributed by atoms with Crippen LogP contribution in [0.1, 0.15) is 87.9 Å². The Morgan fingerprint density at radius 3 is 1.91 bits per heavy atom. The summed E-state index contributed by atoms with van der Waals surface area (Å²) in [4.78, 5) is 50.7. The van der Waals surface area contributed by atoms with Gasteiger partial charge in [0.25, 0.3) is 14.1 Å². The van der Waals surface area contributed by atoms with Gasteiger partial charge in [0.2, 0.25) is 11.9 Å². The standard InChI is InChI=1S/C62H74N7O12P/c1-40(2)58(70)66-60-65-57-56(59(71)67-60)64-39-68(57)55-36-53(54(80-55)38-78-62(43-16-10-9-11-17-43,44-22-26-46(73-7)27-23-44)45-24-28-47(74-8)29-25-45)81-82(69(41(3)4)42(5)6)79-35-34-76-33-32-75-31-30-63-61(72)77-37-52-50-20-14-12-18-48(50)49-19-13-15-21-51(49)52/h9-29,39-42,52-55H,30-38H2,1-8H3,(H,63,72)(H2,65,66,67,70,71). The number of rotatable bonds is 28. The molecular weight excluding hydrogens is 1070 g/mol. The second-order valence-corrected chi connectivity index (χ2v) is 22.2. The molecule has 0 spiro atoms. The molecule has 9 rings (SSSR count). The van der Waals surface area contributed by atoms with Crippen molar-refractivity contribution >= 4 is 37.6 Å². The molecule has 3 N–H and O–H groups in total. The summed E-state index contributed by atoms with van der Waals surface area (Å²) in [6.45, 7) is 13.8. The first-order valence-electron chi connectivity index (χ1n) is 27.8. The van der Waals surface area contributed by atoms with E-state index in [0.717, 1.165) is 27.8 Å². The third-order valence-electron chi connectivity index (χ3n) is 14.5. The van der Waals surface area contributed by atoms with Crippen LogP contribution in [-0.4, -0.2) is 127 Å². The lowest BCUT2D eigenvalue weighted by atomic mass is 9.80. The molecule has 2 aromatic heterocycles. The topological polar surface area (TPSA) is 208 Å². The van der Waals surface area contributed by atoms with E-state index >= 15 is 0 Å². The molecule has 1 saturated heterocycles. The minimum Gasteiger partial charge on any atom is -0.497 e. The van der Waals surface area contributed by atoms with E-state index in [2.05, 4.69) is 82.2 Å². The maximum Gasteiger partial charge on any atom is 0.407 e. The van der Waals surface area contributed by atoms with Gasteiger partial charge in [-0.15, -0.1) is 0 Å². The molecule has 1 fully saturated rings. The van der Waals surface area contributed by atoms with E-state index in [9.17, 15) is 14.4 Å². The average Bonchev–Trinajstić information content (AvgIpc) is 3.34. The van der Waals surface area contributed by atoms with Gasteiger partial charge in [0.15, 0.2) is 11.2 Å². The summed E-state index contributed by atoms with van der Waals surface area (Å²) in [5, 5.41) is 5.51. The van der Waals surface area contributed by atoms with E-state index in [4.69, 9.17) is 42.2 Å². The number of amides is 2. The van der Waals surface area contributed by atoms with Gasteiger partial charge in [0, 0.05) is 36.9 Å². The molecule has 5 aromatic carbocycles. The summed E-state index contributed by atoms with van der Waals surface area (Å²) in [5.41, 5.74) is 5.79. The number of methoxy groups -OCH3 is 2. The molecule has 434 valence electrons. The number of anilines is 1. The van der Waals surface area contributed by atoms with E-state index < -0.39 is 44.2 Å². The van der Waals surface area contributed by atoms with E-state index in [1.165, 1.54) is 17.5 Å². The normalized spacial score (nSPS) is 16.5. The Labute approximate surface area is 479 Å². The molecule has 0 saturated carbocycles. The first-order valence-corrected chi connectivity index (χ1v) is 29.0. The summed E-state index contributed by atoms with van der Waals surface area (Å²) in [5.74, 6) is 0.677. The van der Waals surface area contributed by atoms with Crippen LogP contribution in [0.3, 0.4) is 0 Å². The zero-order chi connectivity index (χ0) is 57.8. The molecule has 3 heterocycles. The third kappa shape index (κ3) is 13.7. The fourth-order valence-corrected chi connectivity index (χ4v) is 12.2. The molecule has 2 amide bonds. The number of aromatic nitrogens is 4. The van der Waals surface area contributed by atoms with E-state index in [-0.39, 0.29) is 92.9 Å². The first kappa shape index (κ1) is 59.6. The maximum atomic E-state index is 13.4. The van der Waals surface area contributed by atoms with Crippen LogP contribution in [0.4, 0.5) is 10.7 Å². The van der Waals surface area contributed by atoms with Gasteiger partial charge < -0.3 is 47.5 Å². The van der Waals surface area contributed by atoms with Crippen LogP contribution >= 0.6 is 8.53 Å². The predicted octanol–water partition coefficient (Wildman–Crippen LogP) is 10.3. The van der Waals surface area contributed by atoms with Gasteiger partial charge in [-0.3, -0.25) is 24.5 Å². The number of nitrogens with zero attached hydrogens (tertiary/aromatic N) is 4. The number of carbonyl (C=O) groups excluding carboxylic acids is 2. The monoisotopic (exact) mass is 1140 g/mol. The smallest absolute Gasteiger partial charge is 0.407 e. The number of H-pyrrole nitrogens is 1. The number of imidazole rings is 1. The maximum absolute atomic E-state index is 13.4. The summed E-state index contributed by atoms with van der Waals surface area (Å²) in [6, 6.07) is 42.1. The average molecular weight is 1140 g/mol. The Bertz CT molecular complexity index is 3170. The van der Waals surface area contributed by atoms with Gasteiger partial charge in [-0.2, -0.15) is 4.98 Å². The lowest BCUT2D eigenvalue weighted by molar-refractivity contribution is -0.118. The fraction of sp³-hybridized carbons (Fsp3) is 0.403. The second kappa shape index (κ2) is 27.8. The van der Waals surface area contributed by atoms with Crippen molar-refractivity contribution in [1.29, 1.82) is 0 Å². The Kier molecular flexibility index (Phi) is 20.2. The molecule has 19 nitrogen and oxygen atoms in total.